The van der Waals surface area contributed by atoms with E-state index in [1.807, 2.05) is 37.4 Å². The standard InChI is InChI=1S/C22H26N4O2/c1-15(2)19-9-8-16(3)13-20(19)28-17(4)22(27)24-21-10-12-26(25-21)14-18-7-5-6-11-23-18/h5-13,15,17H,14H2,1-4H3,(H,24,25,27). The molecular formula is C22H26N4O2. The number of nitrogens with zero attached hydrogens (tertiary/aromatic N) is 3. The molecule has 0 aliphatic rings. The van der Waals surface area contributed by atoms with Gasteiger partial charge in [0.2, 0.25) is 0 Å². The fourth-order valence-corrected chi connectivity index (χ4v) is 2.87. The van der Waals surface area contributed by atoms with Gasteiger partial charge in [0.25, 0.3) is 5.91 Å². The topological polar surface area (TPSA) is 69.0 Å². The van der Waals surface area contributed by atoms with Gasteiger partial charge >= 0.3 is 0 Å². The molecule has 0 saturated heterocycles. The molecule has 1 amide bonds. The maximum Gasteiger partial charge on any atom is 0.266 e. The van der Waals surface area contributed by atoms with Gasteiger partial charge in [0.05, 0.1) is 12.2 Å². The van der Waals surface area contributed by atoms with Crippen LogP contribution in [0.3, 0.4) is 0 Å². The Labute approximate surface area is 165 Å². The minimum Gasteiger partial charge on any atom is -0.481 e. The first-order valence-electron chi connectivity index (χ1n) is 9.44. The first-order chi connectivity index (χ1) is 13.4. The number of carbonyl (C=O) groups excluding carboxylic acids is 1. The van der Waals surface area contributed by atoms with Gasteiger partial charge in [-0.1, -0.05) is 32.0 Å². The van der Waals surface area contributed by atoms with Crippen molar-refractivity contribution in [1.82, 2.24) is 14.8 Å². The fraction of sp³-hybridized carbons (Fsp3) is 0.318. The molecule has 6 heteroatoms. The molecule has 146 valence electrons. The molecule has 1 N–H and O–H groups in total. The molecule has 1 aromatic carbocycles. The predicted molar refractivity (Wildman–Crippen MR) is 110 cm³/mol. The van der Waals surface area contributed by atoms with E-state index in [1.54, 1.807) is 23.9 Å². The van der Waals surface area contributed by atoms with Gasteiger partial charge in [0.1, 0.15) is 5.75 Å². The summed E-state index contributed by atoms with van der Waals surface area (Å²) in [6.45, 7) is 8.51. The van der Waals surface area contributed by atoms with E-state index in [9.17, 15) is 4.79 Å². The maximum atomic E-state index is 12.6. The molecule has 0 spiro atoms. The van der Waals surface area contributed by atoms with Crippen molar-refractivity contribution in [3.8, 4) is 5.75 Å². The van der Waals surface area contributed by atoms with Crippen LogP contribution >= 0.6 is 0 Å². The number of hydrogen-bond donors (Lipinski definition) is 1. The second-order valence-electron chi connectivity index (χ2n) is 7.16. The molecule has 0 aliphatic carbocycles. The van der Waals surface area contributed by atoms with Crippen LogP contribution in [0, 0.1) is 6.92 Å². The molecular weight excluding hydrogens is 352 g/mol. The van der Waals surface area contributed by atoms with Gasteiger partial charge in [-0.05, 0) is 49.1 Å². The fourth-order valence-electron chi connectivity index (χ4n) is 2.87. The second-order valence-corrected chi connectivity index (χ2v) is 7.16. The number of nitrogens with one attached hydrogen (secondary N) is 1. The molecule has 3 aromatic rings. The zero-order valence-electron chi connectivity index (χ0n) is 16.7. The van der Waals surface area contributed by atoms with Crippen LogP contribution in [-0.2, 0) is 11.3 Å². The van der Waals surface area contributed by atoms with Crippen molar-refractivity contribution < 1.29 is 9.53 Å². The highest BCUT2D eigenvalue weighted by Crippen LogP contribution is 2.28. The molecule has 0 aliphatic heterocycles. The number of benzene rings is 1. The molecule has 0 bridgehead atoms. The molecule has 0 fully saturated rings. The summed E-state index contributed by atoms with van der Waals surface area (Å²) in [7, 11) is 0. The quantitative estimate of drug-likeness (QED) is 0.670. The van der Waals surface area contributed by atoms with Crippen LogP contribution in [0.25, 0.3) is 0 Å². The first kappa shape index (κ1) is 19.6. The Hall–Kier alpha value is -3.15. The van der Waals surface area contributed by atoms with Crippen molar-refractivity contribution in [3.63, 3.8) is 0 Å². The highest BCUT2D eigenvalue weighted by molar-refractivity contribution is 5.93. The highest BCUT2D eigenvalue weighted by atomic mass is 16.5. The summed E-state index contributed by atoms with van der Waals surface area (Å²) in [4.78, 5) is 16.8. The minimum absolute atomic E-state index is 0.237. The van der Waals surface area contributed by atoms with Gasteiger partial charge in [0, 0.05) is 18.5 Å². The van der Waals surface area contributed by atoms with Crippen LogP contribution < -0.4 is 10.1 Å². The van der Waals surface area contributed by atoms with Gasteiger partial charge in [-0.25, -0.2) is 0 Å². The molecule has 0 radical (unpaired) electrons. The van der Waals surface area contributed by atoms with E-state index in [0.29, 0.717) is 18.3 Å². The van der Waals surface area contributed by atoms with Crippen molar-refractivity contribution in [2.24, 2.45) is 0 Å². The second kappa shape index (κ2) is 8.69. The van der Waals surface area contributed by atoms with Crippen molar-refractivity contribution in [1.29, 1.82) is 0 Å². The Kier molecular flexibility index (Phi) is 6.09. The number of aromatic nitrogens is 3. The third-order valence-corrected chi connectivity index (χ3v) is 4.41. The average molecular weight is 378 g/mol. The number of anilines is 1. The lowest BCUT2D eigenvalue weighted by Gasteiger charge is -2.19. The van der Waals surface area contributed by atoms with Gasteiger partial charge in [-0.15, -0.1) is 0 Å². The van der Waals surface area contributed by atoms with E-state index in [2.05, 4.69) is 41.4 Å². The first-order valence-corrected chi connectivity index (χ1v) is 9.44. The molecule has 0 saturated carbocycles. The monoisotopic (exact) mass is 378 g/mol. The predicted octanol–water partition coefficient (Wildman–Crippen LogP) is 4.16. The van der Waals surface area contributed by atoms with Gasteiger partial charge < -0.3 is 10.1 Å². The lowest BCUT2D eigenvalue weighted by Crippen LogP contribution is -2.30. The molecule has 2 aromatic heterocycles. The summed E-state index contributed by atoms with van der Waals surface area (Å²) in [6.07, 6.45) is 2.92. The van der Waals surface area contributed by atoms with Crippen LogP contribution in [0.5, 0.6) is 5.75 Å². The van der Waals surface area contributed by atoms with E-state index in [-0.39, 0.29) is 5.91 Å². The van der Waals surface area contributed by atoms with Crippen LogP contribution in [0.2, 0.25) is 0 Å². The molecule has 3 rings (SSSR count). The van der Waals surface area contributed by atoms with Crippen molar-refractivity contribution in [2.75, 3.05) is 5.32 Å². The molecule has 6 nitrogen and oxygen atoms in total. The Morgan fingerprint density at radius 3 is 2.71 bits per heavy atom. The van der Waals surface area contributed by atoms with E-state index in [1.165, 1.54) is 0 Å². The van der Waals surface area contributed by atoms with E-state index in [0.717, 1.165) is 22.6 Å². The third kappa shape index (κ3) is 4.97. The number of carbonyl (C=O) groups is 1. The molecule has 1 atom stereocenters. The minimum atomic E-state index is -0.639. The lowest BCUT2D eigenvalue weighted by molar-refractivity contribution is -0.122. The zero-order chi connectivity index (χ0) is 20.1. The Morgan fingerprint density at radius 1 is 1.18 bits per heavy atom. The van der Waals surface area contributed by atoms with Crippen LogP contribution in [-0.4, -0.2) is 26.8 Å². The van der Waals surface area contributed by atoms with Crippen LogP contribution in [0.1, 0.15) is 43.5 Å². The van der Waals surface area contributed by atoms with Crippen molar-refractivity contribution in [2.45, 2.75) is 46.3 Å². The number of rotatable bonds is 7. The van der Waals surface area contributed by atoms with Crippen molar-refractivity contribution in [3.05, 3.63) is 71.7 Å². The number of amides is 1. The Morgan fingerprint density at radius 2 is 2.00 bits per heavy atom. The maximum absolute atomic E-state index is 12.6. The summed E-state index contributed by atoms with van der Waals surface area (Å²) >= 11 is 0. The van der Waals surface area contributed by atoms with Crippen molar-refractivity contribution >= 4 is 11.7 Å². The largest absolute Gasteiger partial charge is 0.481 e. The van der Waals surface area contributed by atoms with E-state index >= 15 is 0 Å². The Bertz CT molecular complexity index is 935. The third-order valence-electron chi connectivity index (χ3n) is 4.41. The SMILES string of the molecule is Cc1ccc(C(C)C)c(OC(C)C(=O)Nc2ccn(Cc3ccccn3)n2)c1. The van der Waals surface area contributed by atoms with Gasteiger partial charge in [0.15, 0.2) is 11.9 Å². The van der Waals surface area contributed by atoms with E-state index in [4.69, 9.17) is 4.74 Å². The number of hydrogen-bond acceptors (Lipinski definition) is 4. The number of ether oxygens (including phenoxy) is 1. The molecule has 28 heavy (non-hydrogen) atoms. The van der Waals surface area contributed by atoms with E-state index < -0.39 is 6.10 Å². The van der Waals surface area contributed by atoms with Gasteiger partial charge in [-0.3, -0.25) is 14.5 Å². The summed E-state index contributed by atoms with van der Waals surface area (Å²) in [6, 6.07) is 13.6. The number of aryl methyl sites for hydroxylation is 1. The molecule has 2 heterocycles. The molecule has 1 unspecified atom stereocenters. The summed E-state index contributed by atoms with van der Waals surface area (Å²) in [5, 5.41) is 7.20. The zero-order valence-corrected chi connectivity index (χ0v) is 16.7. The summed E-state index contributed by atoms with van der Waals surface area (Å²) in [5.74, 6) is 1.32. The summed E-state index contributed by atoms with van der Waals surface area (Å²) < 4.78 is 7.70. The normalized spacial score (nSPS) is 12.0. The summed E-state index contributed by atoms with van der Waals surface area (Å²) in [5.41, 5.74) is 3.09. The highest BCUT2D eigenvalue weighted by Gasteiger charge is 2.18. The Balaban J connectivity index is 1.63. The smallest absolute Gasteiger partial charge is 0.266 e. The average Bonchev–Trinajstić information content (AvgIpc) is 3.09. The van der Waals surface area contributed by atoms with Gasteiger partial charge in [-0.2, -0.15) is 5.10 Å². The van der Waals surface area contributed by atoms with Crippen LogP contribution in [0.15, 0.2) is 54.9 Å². The van der Waals surface area contributed by atoms with Crippen LogP contribution in [0.4, 0.5) is 5.82 Å². The lowest BCUT2D eigenvalue weighted by atomic mass is 10.0. The number of pyridine rings is 1.